The van der Waals surface area contributed by atoms with Gasteiger partial charge in [0, 0.05) is 0 Å². The Hall–Kier alpha value is -2.26. The second-order valence-corrected chi connectivity index (χ2v) is 3.04. The predicted molar refractivity (Wildman–Crippen MR) is 48.5 cm³/mol. The largest absolute Gasteiger partial charge is 0.480 e. The molecule has 0 aromatic carbocycles. The Morgan fingerprint density at radius 1 is 1.28 bits per heavy atom. The zero-order valence-electron chi connectivity index (χ0n) is 8.81. The monoisotopic (exact) mass is 263 g/mol. The van der Waals surface area contributed by atoms with Gasteiger partial charge in [0.1, 0.15) is 0 Å². The molecule has 0 unspecified atom stereocenters. The van der Waals surface area contributed by atoms with Crippen LogP contribution >= 0.6 is 0 Å². The molecule has 0 aliphatic heterocycles. The summed E-state index contributed by atoms with van der Waals surface area (Å²) in [6.45, 7) is 0. The van der Waals surface area contributed by atoms with Gasteiger partial charge >= 0.3 is 6.18 Å². The van der Waals surface area contributed by atoms with Gasteiger partial charge in [-0.05, 0) is 0 Å². The fraction of sp³-hybridized carbons (Fsp3) is 0.250. The molecule has 0 fully saturated rings. The summed E-state index contributed by atoms with van der Waals surface area (Å²) in [7, 11) is 0.947. The van der Waals surface area contributed by atoms with Crippen LogP contribution < -0.4 is 4.74 Å². The van der Waals surface area contributed by atoms with Crippen molar-refractivity contribution in [1.82, 2.24) is 25.0 Å². The minimum absolute atomic E-state index is 0.408. The summed E-state index contributed by atoms with van der Waals surface area (Å²) in [6.07, 6.45) is -2.46. The van der Waals surface area contributed by atoms with E-state index in [1.54, 1.807) is 0 Å². The Balaban J connectivity index is 2.61. The van der Waals surface area contributed by atoms with E-state index in [0.717, 1.165) is 11.8 Å². The summed E-state index contributed by atoms with van der Waals surface area (Å²) < 4.78 is 56.3. The van der Waals surface area contributed by atoms with Gasteiger partial charge in [-0.3, -0.25) is 0 Å². The van der Waals surface area contributed by atoms with Crippen LogP contribution in [-0.4, -0.2) is 32.1 Å². The molecule has 96 valence electrons. The number of alkyl halides is 3. The molecule has 0 radical (unpaired) electrons. The van der Waals surface area contributed by atoms with Crippen molar-refractivity contribution in [2.24, 2.45) is 0 Å². The molecule has 0 aliphatic carbocycles. The van der Waals surface area contributed by atoms with E-state index in [9.17, 15) is 17.6 Å². The molecule has 0 saturated carbocycles. The first-order valence-electron chi connectivity index (χ1n) is 4.49. The van der Waals surface area contributed by atoms with E-state index in [2.05, 4.69) is 25.0 Å². The molecule has 0 spiro atoms. The molecular weight excluding hydrogens is 258 g/mol. The van der Waals surface area contributed by atoms with Crippen LogP contribution in [0, 0.1) is 5.95 Å². The molecule has 10 heteroatoms. The molecule has 0 amide bonds. The highest BCUT2D eigenvalue weighted by atomic mass is 19.4. The highest BCUT2D eigenvalue weighted by Crippen LogP contribution is 2.36. The lowest BCUT2D eigenvalue weighted by Crippen LogP contribution is -2.16. The number of aromatic nitrogens is 5. The van der Waals surface area contributed by atoms with E-state index >= 15 is 0 Å². The number of halogens is 4. The highest BCUT2D eigenvalue weighted by molar-refractivity contribution is 5.31. The maximum absolute atomic E-state index is 13.4. The standard InChI is InChI=1S/C8H5F4N5O/c1-18-6-4(8(10,11)12)5(9)14-7(15-6)17-3-2-13-16-17/h2-3H,1H3. The highest BCUT2D eigenvalue weighted by Gasteiger charge is 2.40. The van der Waals surface area contributed by atoms with Gasteiger partial charge in [0.2, 0.25) is 11.8 Å². The van der Waals surface area contributed by atoms with Gasteiger partial charge in [0.15, 0.2) is 5.56 Å². The molecule has 2 aromatic heterocycles. The van der Waals surface area contributed by atoms with E-state index in [4.69, 9.17) is 0 Å². The minimum atomic E-state index is -4.95. The smallest absolute Gasteiger partial charge is 0.426 e. The molecule has 0 atom stereocenters. The second-order valence-electron chi connectivity index (χ2n) is 3.04. The van der Waals surface area contributed by atoms with E-state index in [-0.39, 0.29) is 0 Å². The number of nitrogens with zero attached hydrogens (tertiary/aromatic N) is 5. The van der Waals surface area contributed by atoms with Gasteiger partial charge in [-0.25, -0.2) is 0 Å². The average Bonchev–Trinajstić information content (AvgIpc) is 2.79. The minimum Gasteiger partial charge on any atom is -0.480 e. The van der Waals surface area contributed by atoms with Crippen molar-refractivity contribution in [3.63, 3.8) is 0 Å². The fourth-order valence-corrected chi connectivity index (χ4v) is 1.21. The zero-order valence-corrected chi connectivity index (χ0v) is 8.81. The first-order chi connectivity index (χ1) is 8.43. The third-order valence-corrected chi connectivity index (χ3v) is 1.92. The van der Waals surface area contributed by atoms with Crippen molar-refractivity contribution >= 4 is 0 Å². The van der Waals surface area contributed by atoms with Crippen LogP contribution in [0.1, 0.15) is 5.56 Å². The van der Waals surface area contributed by atoms with Crippen molar-refractivity contribution in [3.8, 4) is 11.8 Å². The number of ether oxygens (including phenoxy) is 1. The first-order valence-corrected chi connectivity index (χ1v) is 4.49. The Kier molecular flexibility index (Phi) is 2.85. The topological polar surface area (TPSA) is 65.7 Å². The van der Waals surface area contributed by atoms with Crippen LogP contribution in [0.2, 0.25) is 0 Å². The van der Waals surface area contributed by atoms with Crippen molar-refractivity contribution in [1.29, 1.82) is 0 Å². The SMILES string of the molecule is COc1nc(-n2ccnn2)nc(F)c1C(F)(F)F. The lowest BCUT2D eigenvalue weighted by atomic mass is 10.3. The Bertz CT molecular complexity index is 553. The van der Waals surface area contributed by atoms with Gasteiger partial charge in [-0.1, -0.05) is 5.21 Å². The summed E-state index contributed by atoms with van der Waals surface area (Å²) in [6, 6.07) is 0. The lowest BCUT2D eigenvalue weighted by molar-refractivity contribution is -0.142. The molecule has 2 rings (SSSR count). The maximum atomic E-state index is 13.4. The van der Waals surface area contributed by atoms with Gasteiger partial charge in [-0.15, -0.1) is 5.10 Å². The molecule has 0 N–H and O–H groups in total. The van der Waals surface area contributed by atoms with Crippen molar-refractivity contribution in [2.75, 3.05) is 7.11 Å². The normalized spacial score (nSPS) is 11.6. The van der Waals surface area contributed by atoms with Gasteiger partial charge in [0.25, 0.3) is 5.95 Å². The van der Waals surface area contributed by atoms with Gasteiger partial charge < -0.3 is 4.74 Å². The Morgan fingerprint density at radius 3 is 2.50 bits per heavy atom. The van der Waals surface area contributed by atoms with Crippen LogP contribution in [0.5, 0.6) is 5.88 Å². The molecule has 0 saturated heterocycles. The molecule has 0 aliphatic rings. The number of hydrogen-bond acceptors (Lipinski definition) is 5. The number of hydrogen-bond donors (Lipinski definition) is 0. The summed E-state index contributed by atoms with van der Waals surface area (Å²) in [5.74, 6) is -3.06. The number of rotatable bonds is 2. The van der Waals surface area contributed by atoms with Crippen LogP contribution in [0.3, 0.4) is 0 Å². The average molecular weight is 263 g/mol. The maximum Gasteiger partial charge on any atom is 0.426 e. The third kappa shape index (κ3) is 2.08. The predicted octanol–water partition coefficient (Wildman–Crippen LogP) is 1.22. The van der Waals surface area contributed by atoms with Crippen LogP contribution in [-0.2, 0) is 6.18 Å². The summed E-state index contributed by atoms with van der Waals surface area (Å²) >= 11 is 0. The molecule has 2 heterocycles. The van der Waals surface area contributed by atoms with Gasteiger partial charge in [0.05, 0.1) is 19.5 Å². The summed E-state index contributed by atoms with van der Waals surface area (Å²) in [5.41, 5.74) is -1.66. The van der Waals surface area contributed by atoms with Crippen molar-refractivity contribution in [2.45, 2.75) is 6.18 Å². The quantitative estimate of drug-likeness (QED) is 0.602. The van der Waals surface area contributed by atoms with Crippen molar-refractivity contribution < 1.29 is 22.3 Å². The molecule has 0 bridgehead atoms. The van der Waals surface area contributed by atoms with Crippen LogP contribution in [0.15, 0.2) is 12.4 Å². The van der Waals surface area contributed by atoms with Crippen LogP contribution in [0.25, 0.3) is 5.95 Å². The molecule has 6 nitrogen and oxygen atoms in total. The van der Waals surface area contributed by atoms with E-state index in [0.29, 0.717) is 0 Å². The van der Waals surface area contributed by atoms with E-state index < -0.39 is 29.5 Å². The van der Waals surface area contributed by atoms with E-state index in [1.807, 2.05) is 0 Å². The summed E-state index contributed by atoms with van der Waals surface area (Å²) in [5, 5.41) is 6.84. The first kappa shape index (κ1) is 12.2. The molecule has 18 heavy (non-hydrogen) atoms. The van der Waals surface area contributed by atoms with E-state index in [1.165, 1.54) is 12.4 Å². The van der Waals surface area contributed by atoms with Crippen LogP contribution in [0.4, 0.5) is 17.6 Å². The van der Waals surface area contributed by atoms with Crippen molar-refractivity contribution in [3.05, 3.63) is 23.9 Å². The number of methoxy groups -OCH3 is 1. The lowest BCUT2D eigenvalue weighted by Gasteiger charge is -2.11. The van der Waals surface area contributed by atoms with Gasteiger partial charge in [-0.2, -0.15) is 32.2 Å². The Morgan fingerprint density at radius 2 is 2.00 bits per heavy atom. The molecular formula is C8H5F4N5O. The molecule has 2 aromatic rings. The summed E-state index contributed by atoms with van der Waals surface area (Å²) in [4.78, 5) is 6.50. The second kappa shape index (κ2) is 4.20. The fourth-order valence-electron chi connectivity index (χ4n) is 1.21. The zero-order chi connectivity index (χ0) is 13.3. The Labute approximate surface area is 97.2 Å². The third-order valence-electron chi connectivity index (χ3n) is 1.92.